The summed E-state index contributed by atoms with van der Waals surface area (Å²) in [5.41, 5.74) is 0.579. The van der Waals surface area contributed by atoms with Crippen LogP contribution in [-0.4, -0.2) is 76.1 Å². The van der Waals surface area contributed by atoms with Gasteiger partial charge in [-0.2, -0.15) is 0 Å². The van der Waals surface area contributed by atoms with Gasteiger partial charge in [0.05, 0.1) is 0 Å². The third kappa shape index (κ3) is 3.70. The van der Waals surface area contributed by atoms with E-state index in [1.165, 1.54) is 0 Å². The first-order chi connectivity index (χ1) is 11.8. The SMILES string of the molecule is O=C(O)c1c(OC2CN(CC(O)C(=O)O)C2)ccc2c1OB(O)CC2. The van der Waals surface area contributed by atoms with Crippen molar-refractivity contribution in [2.45, 2.75) is 24.9 Å². The van der Waals surface area contributed by atoms with E-state index in [9.17, 15) is 24.8 Å². The number of benzene rings is 1. The van der Waals surface area contributed by atoms with Gasteiger partial charge in [-0.3, -0.25) is 4.90 Å². The number of β-amino-alcohol motifs (C(OH)–C–C–N with tert-alkyl or cyclic N) is 1. The molecule has 1 aromatic rings. The number of carboxylic acids is 2. The van der Waals surface area contributed by atoms with Crippen molar-refractivity contribution in [2.75, 3.05) is 19.6 Å². The van der Waals surface area contributed by atoms with E-state index in [2.05, 4.69) is 0 Å². The summed E-state index contributed by atoms with van der Waals surface area (Å²) in [6.07, 6.45) is -0.864. The fourth-order valence-corrected chi connectivity index (χ4v) is 2.96. The summed E-state index contributed by atoms with van der Waals surface area (Å²) in [6.45, 7) is 0.744. The molecule has 134 valence electrons. The van der Waals surface area contributed by atoms with Crippen LogP contribution in [-0.2, 0) is 11.2 Å². The van der Waals surface area contributed by atoms with Crippen LogP contribution in [0.15, 0.2) is 12.1 Å². The van der Waals surface area contributed by atoms with Crippen molar-refractivity contribution >= 4 is 19.1 Å². The average molecular weight is 351 g/mol. The number of aromatic carboxylic acids is 1. The number of aliphatic hydroxyl groups is 1. The number of carboxylic acid groups (broad SMARTS) is 2. The molecule has 0 radical (unpaired) electrons. The lowest BCUT2D eigenvalue weighted by atomic mass is 9.78. The van der Waals surface area contributed by atoms with Gasteiger partial charge < -0.3 is 29.7 Å². The Kier molecular flexibility index (Phi) is 4.84. The minimum Gasteiger partial charge on any atom is -0.535 e. The van der Waals surface area contributed by atoms with Crippen molar-refractivity contribution in [1.29, 1.82) is 0 Å². The van der Waals surface area contributed by atoms with Crippen LogP contribution in [0.5, 0.6) is 11.5 Å². The van der Waals surface area contributed by atoms with Crippen LogP contribution in [0.2, 0.25) is 6.32 Å². The molecule has 9 nitrogen and oxygen atoms in total. The molecule has 1 saturated heterocycles. The van der Waals surface area contributed by atoms with E-state index in [-0.39, 0.29) is 29.7 Å². The van der Waals surface area contributed by atoms with Crippen LogP contribution in [0.25, 0.3) is 0 Å². The third-order valence-corrected chi connectivity index (χ3v) is 4.26. The molecule has 0 saturated carbocycles. The van der Waals surface area contributed by atoms with Gasteiger partial charge >= 0.3 is 19.1 Å². The van der Waals surface area contributed by atoms with Gasteiger partial charge in [-0.25, -0.2) is 9.59 Å². The van der Waals surface area contributed by atoms with Gasteiger partial charge in [-0.1, -0.05) is 6.07 Å². The first kappa shape index (κ1) is 17.5. The second-order valence-corrected chi connectivity index (χ2v) is 6.16. The highest BCUT2D eigenvalue weighted by atomic mass is 16.5. The molecule has 0 spiro atoms. The Labute approximate surface area is 143 Å². The van der Waals surface area contributed by atoms with Crippen LogP contribution >= 0.6 is 0 Å². The van der Waals surface area contributed by atoms with Gasteiger partial charge in [0.15, 0.2) is 6.10 Å². The van der Waals surface area contributed by atoms with Gasteiger partial charge in [-0.05, 0) is 24.4 Å². The van der Waals surface area contributed by atoms with Gasteiger partial charge in [0.25, 0.3) is 0 Å². The zero-order chi connectivity index (χ0) is 18.1. The lowest BCUT2D eigenvalue weighted by Crippen LogP contribution is -2.56. The number of aliphatic hydroxyl groups excluding tert-OH is 1. The quantitative estimate of drug-likeness (QED) is 0.491. The van der Waals surface area contributed by atoms with E-state index in [0.29, 0.717) is 31.4 Å². The Balaban J connectivity index is 1.69. The highest BCUT2D eigenvalue weighted by Gasteiger charge is 2.34. The summed E-state index contributed by atoms with van der Waals surface area (Å²) in [6, 6.07) is 3.28. The molecule has 10 heteroatoms. The molecule has 2 aliphatic heterocycles. The van der Waals surface area contributed by atoms with E-state index in [1.54, 1.807) is 17.0 Å². The molecule has 25 heavy (non-hydrogen) atoms. The minimum atomic E-state index is -1.46. The summed E-state index contributed by atoms with van der Waals surface area (Å²) in [4.78, 5) is 23.9. The average Bonchev–Trinajstić information content (AvgIpc) is 2.51. The van der Waals surface area contributed by atoms with E-state index >= 15 is 0 Å². The van der Waals surface area contributed by atoms with Gasteiger partial charge in [0.2, 0.25) is 0 Å². The zero-order valence-corrected chi connectivity index (χ0v) is 13.3. The van der Waals surface area contributed by atoms with Crippen LogP contribution in [0.4, 0.5) is 0 Å². The fourth-order valence-electron chi connectivity index (χ4n) is 2.96. The van der Waals surface area contributed by atoms with Crippen LogP contribution in [0.3, 0.4) is 0 Å². The Bertz CT molecular complexity index is 690. The zero-order valence-electron chi connectivity index (χ0n) is 13.3. The van der Waals surface area contributed by atoms with Gasteiger partial charge in [0.1, 0.15) is 23.2 Å². The highest BCUT2D eigenvalue weighted by molar-refractivity contribution is 6.44. The van der Waals surface area contributed by atoms with Crippen molar-refractivity contribution in [2.24, 2.45) is 0 Å². The maximum absolute atomic E-state index is 11.6. The molecule has 0 aromatic heterocycles. The molecule has 4 N–H and O–H groups in total. The summed E-state index contributed by atoms with van der Waals surface area (Å²) in [7, 11) is -1.04. The Morgan fingerprint density at radius 2 is 2.08 bits per heavy atom. The second-order valence-electron chi connectivity index (χ2n) is 6.16. The molecule has 1 unspecified atom stereocenters. The second kappa shape index (κ2) is 6.91. The number of ether oxygens (including phenoxy) is 1. The number of carbonyl (C=O) groups is 2. The first-order valence-electron chi connectivity index (χ1n) is 7.89. The van der Waals surface area contributed by atoms with Crippen molar-refractivity contribution in [3.63, 3.8) is 0 Å². The molecule has 1 atom stereocenters. The minimum absolute atomic E-state index is 0.0134. The van der Waals surface area contributed by atoms with Crippen molar-refractivity contribution in [1.82, 2.24) is 4.90 Å². The number of aliphatic carboxylic acids is 1. The Morgan fingerprint density at radius 1 is 1.36 bits per heavy atom. The summed E-state index contributed by atoms with van der Waals surface area (Å²) >= 11 is 0. The molecular formula is C15H18BNO8. The van der Waals surface area contributed by atoms with E-state index in [4.69, 9.17) is 14.5 Å². The number of likely N-dealkylation sites (tertiary alicyclic amines) is 1. The summed E-state index contributed by atoms with van der Waals surface area (Å²) in [5, 5.41) is 37.1. The van der Waals surface area contributed by atoms with E-state index < -0.39 is 25.2 Å². The first-order valence-corrected chi connectivity index (χ1v) is 7.89. The molecule has 3 rings (SSSR count). The number of aryl methyl sites for hydroxylation is 1. The predicted octanol–water partition coefficient (Wildman–Crippen LogP) is -0.691. The molecule has 1 aromatic carbocycles. The molecule has 0 bridgehead atoms. The monoisotopic (exact) mass is 351 g/mol. The number of hydrogen-bond acceptors (Lipinski definition) is 7. The maximum atomic E-state index is 11.6. The summed E-state index contributed by atoms with van der Waals surface area (Å²) < 4.78 is 11.0. The maximum Gasteiger partial charge on any atom is 0.522 e. The van der Waals surface area contributed by atoms with Crippen molar-refractivity contribution in [3.8, 4) is 11.5 Å². The van der Waals surface area contributed by atoms with Gasteiger partial charge in [0, 0.05) is 19.6 Å². The van der Waals surface area contributed by atoms with Crippen LogP contribution in [0.1, 0.15) is 15.9 Å². The van der Waals surface area contributed by atoms with Crippen molar-refractivity contribution < 1.29 is 39.3 Å². The molecule has 0 amide bonds. The number of fused-ring (bicyclic) bond motifs is 1. The smallest absolute Gasteiger partial charge is 0.522 e. The number of nitrogens with zero attached hydrogens (tertiary/aromatic N) is 1. The van der Waals surface area contributed by atoms with E-state index in [0.717, 1.165) is 0 Å². The number of rotatable bonds is 6. The molecule has 1 fully saturated rings. The van der Waals surface area contributed by atoms with Gasteiger partial charge in [-0.15, -0.1) is 0 Å². The highest BCUT2D eigenvalue weighted by Crippen LogP contribution is 2.37. The van der Waals surface area contributed by atoms with Crippen LogP contribution < -0.4 is 9.39 Å². The van der Waals surface area contributed by atoms with Crippen LogP contribution in [0, 0.1) is 0 Å². The molecule has 2 aliphatic rings. The largest absolute Gasteiger partial charge is 0.535 e. The molecule has 2 heterocycles. The van der Waals surface area contributed by atoms with Crippen molar-refractivity contribution in [3.05, 3.63) is 23.3 Å². The lowest BCUT2D eigenvalue weighted by Gasteiger charge is -2.39. The lowest BCUT2D eigenvalue weighted by molar-refractivity contribution is -0.149. The Morgan fingerprint density at radius 3 is 2.72 bits per heavy atom. The molecule has 0 aliphatic carbocycles. The predicted molar refractivity (Wildman–Crippen MR) is 85.0 cm³/mol. The van der Waals surface area contributed by atoms with E-state index in [1.807, 2.05) is 0 Å². The molecular weight excluding hydrogens is 333 g/mol. The number of hydrogen-bond donors (Lipinski definition) is 4. The topological polar surface area (TPSA) is 137 Å². The fraction of sp³-hybridized carbons (Fsp3) is 0.467. The standard InChI is InChI=1S/C15H18BNO8/c18-10(14(19)20)7-17-5-9(6-17)24-11-2-1-8-3-4-16(23)25-13(8)12(11)15(21)22/h1-2,9-10,18,23H,3-7H2,(H,19,20)(H,21,22). The third-order valence-electron chi connectivity index (χ3n) is 4.26. The summed E-state index contributed by atoms with van der Waals surface area (Å²) in [5.74, 6) is -2.23. The Hall–Kier alpha value is -2.30. The normalized spacial score (nSPS) is 18.7.